The lowest BCUT2D eigenvalue weighted by Crippen LogP contribution is -2.13. The summed E-state index contributed by atoms with van der Waals surface area (Å²) >= 11 is 0. The molecular formula is C14H17N3O2. The minimum absolute atomic E-state index is 0.0549. The molecule has 0 spiro atoms. The van der Waals surface area contributed by atoms with Gasteiger partial charge in [0.25, 0.3) is 0 Å². The van der Waals surface area contributed by atoms with Crippen LogP contribution in [0, 0.1) is 18.3 Å². The first-order chi connectivity index (χ1) is 9.06. The van der Waals surface area contributed by atoms with Gasteiger partial charge in [-0.1, -0.05) is 13.0 Å². The molecule has 0 saturated heterocycles. The summed E-state index contributed by atoms with van der Waals surface area (Å²) in [6.07, 6.45) is 1.05. The molecule has 0 atom stereocenters. The van der Waals surface area contributed by atoms with Crippen molar-refractivity contribution < 1.29 is 9.59 Å². The van der Waals surface area contributed by atoms with Crippen LogP contribution in [-0.4, -0.2) is 11.8 Å². The summed E-state index contributed by atoms with van der Waals surface area (Å²) in [6, 6.07) is 7.07. The number of nitriles is 1. The van der Waals surface area contributed by atoms with Crippen molar-refractivity contribution in [1.29, 1.82) is 5.26 Å². The minimum Gasteiger partial charge on any atom is -0.326 e. The highest BCUT2D eigenvalue weighted by Crippen LogP contribution is 2.20. The third-order valence-electron chi connectivity index (χ3n) is 2.51. The summed E-state index contributed by atoms with van der Waals surface area (Å²) in [5.41, 5.74) is 2.12. The maximum Gasteiger partial charge on any atom is 0.238 e. The van der Waals surface area contributed by atoms with Crippen molar-refractivity contribution >= 4 is 23.2 Å². The van der Waals surface area contributed by atoms with Crippen molar-refractivity contribution in [2.75, 3.05) is 10.6 Å². The third-order valence-corrected chi connectivity index (χ3v) is 2.51. The van der Waals surface area contributed by atoms with E-state index in [1.807, 2.05) is 19.9 Å². The topological polar surface area (TPSA) is 82.0 Å². The lowest BCUT2D eigenvalue weighted by molar-refractivity contribution is -0.116. The molecule has 100 valence electrons. The number of hydrogen-bond donors (Lipinski definition) is 2. The molecule has 2 N–H and O–H groups in total. The van der Waals surface area contributed by atoms with Crippen LogP contribution in [0.2, 0.25) is 0 Å². The molecule has 0 aliphatic carbocycles. The Balaban J connectivity index is 2.79. The molecule has 0 aromatic heterocycles. The van der Waals surface area contributed by atoms with Gasteiger partial charge in [-0.2, -0.15) is 5.26 Å². The average molecular weight is 259 g/mol. The Kier molecular flexibility index (Phi) is 5.55. The predicted octanol–water partition coefficient (Wildman–Crippen LogP) is 2.59. The smallest absolute Gasteiger partial charge is 0.238 e. The molecular weight excluding hydrogens is 242 g/mol. The number of hydrogen-bond acceptors (Lipinski definition) is 3. The standard InChI is InChI=1S/C14H17N3O2/c1-3-4-13(18)16-11-6-5-10(2)12(9-11)17-14(19)7-8-15/h5-6,9H,3-4,7H2,1-2H3,(H,16,18)(H,17,19). The molecule has 19 heavy (non-hydrogen) atoms. The molecule has 0 radical (unpaired) electrons. The fraction of sp³-hybridized carbons (Fsp3) is 0.357. The van der Waals surface area contributed by atoms with E-state index in [-0.39, 0.29) is 18.2 Å². The van der Waals surface area contributed by atoms with E-state index in [0.29, 0.717) is 17.8 Å². The van der Waals surface area contributed by atoms with Gasteiger partial charge in [0.2, 0.25) is 11.8 Å². The Morgan fingerprint density at radius 1 is 1.26 bits per heavy atom. The Bertz CT molecular complexity index is 518. The number of nitrogens with one attached hydrogen (secondary N) is 2. The van der Waals surface area contributed by atoms with Crippen LogP contribution in [0.3, 0.4) is 0 Å². The first kappa shape index (κ1) is 14.7. The molecule has 0 fully saturated rings. The second-order valence-corrected chi connectivity index (χ2v) is 4.21. The van der Waals surface area contributed by atoms with E-state index in [0.717, 1.165) is 12.0 Å². The van der Waals surface area contributed by atoms with Crippen LogP contribution < -0.4 is 10.6 Å². The molecule has 1 aromatic carbocycles. The molecule has 0 unspecified atom stereocenters. The SMILES string of the molecule is CCCC(=O)Nc1ccc(C)c(NC(=O)CC#N)c1. The Morgan fingerprint density at radius 3 is 2.63 bits per heavy atom. The van der Waals surface area contributed by atoms with Gasteiger partial charge >= 0.3 is 0 Å². The van der Waals surface area contributed by atoms with Gasteiger partial charge in [0.1, 0.15) is 6.42 Å². The summed E-state index contributed by atoms with van der Waals surface area (Å²) in [5, 5.41) is 13.9. The number of carbonyl (C=O) groups excluding carboxylic acids is 2. The molecule has 1 aromatic rings. The van der Waals surface area contributed by atoms with Gasteiger partial charge in [-0.05, 0) is 31.0 Å². The van der Waals surface area contributed by atoms with E-state index in [9.17, 15) is 9.59 Å². The predicted molar refractivity (Wildman–Crippen MR) is 73.6 cm³/mol. The van der Waals surface area contributed by atoms with Crippen LogP contribution in [0.1, 0.15) is 31.7 Å². The maximum absolute atomic E-state index is 11.5. The van der Waals surface area contributed by atoms with Gasteiger partial charge in [-0.3, -0.25) is 9.59 Å². The van der Waals surface area contributed by atoms with Gasteiger partial charge < -0.3 is 10.6 Å². The highest BCUT2D eigenvalue weighted by Gasteiger charge is 2.07. The molecule has 0 aliphatic rings. The van der Waals surface area contributed by atoms with E-state index in [4.69, 9.17) is 5.26 Å². The molecule has 0 bridgehead atoms. The zero-order chi connectivity index (χ0) is 14.3. The maximum atomic E-state index is 11.5. The average Bonchev–Trinajstić information content (AvgIpc) is 2.34. The van der Waals surface area contributed by atoms with Gasteiger partial charge in [0.15, 0.2) is 0 Å². The number of carbonyl (C=O) groups is 2. The Morgan fingerprint density at radius 2 is 2.00 bits per heavy atom. The Labute approximate surface area is 112 Å². The second kappa shape index (κ2) is 7.17. The molecule has 5 heteroatoms. The zero-order valence-corrected chi connectivity index (χ0v) is 11.1. The molecule has 0 heterocycles. The second-order valence-electron chi connectivity index (χ2n) is 4.21. The largest absolute Gasteiger partial charge is 0.326 e. The fourth-order valence-electron chi connectivity index (χ4n) is 1.55. The van der Waals surface area contributed by atoms with Crippen LogP contribution in [0.4, 0.5) is 11.4 Å². The number of rotatable bonds is 5. The molecule has 0 aliphatic heterocycles. The summed E-state index contributed by atoms with van der Waals surface area (Å²) < 4.78 is 0. The van der Waals surface area contributed by atoms with Crippen LogP contribution in [0.15, 0.2) is 18.2 Å². The van der Waals surface area contributed by atoms with E-state index in [2.05, 4.69) is 10.6 Å². The number of nitrogens with zero attached hydrogens (tertiary/aromatic N) is 1. The highest BCUT2D eigenvalue weighted by atomic mass is 16.2. The van der Waals surface area contributed by atoms with Crippen molar-refractivity contribution in [2.24, 2.45) is 0 Å². The summed E-state index contributed by atoms with van der Waals surface area (Å²) in [7, 11) is 0. The number of aryl methyl sites for hydroxylation is 1. The lowest BCUT2D eigenvalue weighted by atomic mass is 10.1. The van der Waals surface area contributed by atoms with Gasteiger partial charge in [0.05, 0.1) is 6.07 Å². The Hall–Kier alpha value is -2.35. The van der Waals surface area contributed by atoms with Crippen LogP contribution >= 0.6 is 0 Å². The molecule has 5 nitrogen and oxygen atoms in total. The van der Waals surface area contributed by atoms with E-state index < -0.39 is 0 Å². The fourth-order valence-corrected chi connectivity index (χ4v) is 1.55. The normalized spacial score (nSPS) is 9.53. The summed E-state index contributed by atoms with van der Waals surface area (Å²) in [6.45, 7) is 3.78. The van der Waals surface area contributed by atoms with E-state index >= 15 is 0 Å². The quantitative estimate of drug-likeness (QED) is 0.852. The highest BCUT2D eigenvalue weighted by molar-refractivity contribution is 5.95. The first-order valence-electron chi connectivity index (χ1n) is 6.14. The van der Waals surface area contributed by atoms with Crippen molar-refractivity contribution in [3.8, 4) is 6.07 Å². The van der Waals surface area contributed by atoms with Gasteiger partial charge in [-0.15, -0.1) is 0 Å². The van der Waals surface area contributed by atoms with Crippen molar-refractivity contribution in [3.05, 3.63) is 23.8 Å². The zero-order valence-electron chi connectivity index (χ0n) is 11.1. The van der Waals surface area contributed by atoms with Crippen LogP contribution in [0.5, 0.6) is 0 Å². The third kappa shape index (κ3) is 4.80. The minimum atomic E-state index is -0.359. The van der Waals surface area contributed by atoms with E-state index in [1.165, 1.54) is 0 Å². The number of anilines is 2. The van der Waals surface area contributed by atoms with Gasteiger partial charge in [0, 0.05) is 17.8 Å². The van der Waals surface area contributed by atoms with Crippen molar-refractivity contribution in [1.82, 2.24) is 0 Å². The molecule has 2 amide bonds. The van der Waals surface area contributed by atoms with Crippen molar-refractivity contribution in [2.45, 2.75) is 33.1 Å². The first-order valence-corrected chi connectivity index (χ1v) is 6.14. The molecule has 1 rings (SSSR count). The van der Waals surface area contributed by atoms with Gasteiger partial charge in [-0.25, -0.2) is 0 Å². The summed E-state index contributed by atoms with van der Waals surface area (Å²) in [4.78, 5) is 22.9. The van der Waals surface area contributed by atoms with Crippen LogP contribution in [-0.2, 0) is 9.59 Å². The van der Waals surface area contributed by atoms with E-state index in [1.54, 1.807) is 18.2 Å². The van der Waals surface area contributed by atoms with Crippen molar-refractivity contribution in [3.63, 3.8) is 0 Å². The summed E-state index contributed by atoms with van der Waals surface area (Å²) in [5.74, 6) is -0.414. The number of amides is 2. The lowest BCUT2D eigenvalue weighted by Gasteiger charge is -2.10. The number of benzene rings is 1. The van der Waals surface area contributed by atoms with Crippen LogP contribution in [0.25, 0.3) is 0 Å². The molecule has 0 saturated carbocycles. The monoisotopic (exact) mass is 259 g/mol.